The molecule has 0 saturated carbocycles. The van der Waals surface area contributed by atoms with Crippen LogP contribution in [0.15, 0.2) is 30.3 Å². The number of nitrogens with one attached hydrogen (secondary N) is 1. The maximum absolute atomic E-state index is 5.55. The number of benzene rings is 1. The number of hydrogen-bond donors (Lipinski definition) is 2. The lowest BCUT2D eigenvalue weighted by Crippen LogP contribution is -2.19. The average Bonchev–Trinajstić information content (AvgIpc) is 2.30. The third-order valence-corrected chi connectivity index (χ3v) is 2.62. The van der Waals surface area contributed by atoms with Crippen LogP contribution in [0.25, 0.3) is 5.57 Å². The van der Waals surface area contributed by atoms with Gasteiger partial charge in [-0.05, 0) is 29.7 Å². The molecule has 0 saturated heterocycles. The average molecular weight is 188 g/mol. The van der Waals surface area contributed by atoms with E-state index in [0.717, 1.165) is 19.5 Å². The van der Waals surface area contributed by atoms with Crippen molar-refractivity contribution < 1.29 is 0 Å². The van der Waals surface area contributed by atoms with Gasteiger partial charge in [-0.2, -0.15) is 0 Å². The Morgan fingerprint density at radius 2 is 2.00 bits per heavy atom. The van der Waals surface area contributed by atoms with Crippen LogP contribution in [0.3, 0.4) is 0 Å². The van der Waals surface area contributed by atoms with Crippen molar-refractivity contribution in [3.63, 3.8) is 0 Å². The summed E-state index contributed by atoms with van der Waals surface area (Å²) in [5, 5.41) is 3.31. The first kappa shape index (κ1) is 9.44. The van der Waals surface area contributed by atoms with E-state index in [2.05, 4.69) is 35.7 Å². The second-order valence-corrected chi connectivity index (χ2v) is 3.58. The van der Waals surface area contributed by atoms with E-state index in [1.165, 1.54) is 16.7 Å². The van der Waals surface area contributed by atoms with E-state index in [1.54, 1.807) is 0 Å². The van der Waals surface area contributed by atoms with Crippen LogP contribution >= 0.6 is 0 Å². The highest BCUT2D eigenvalue weighted by Crippen LogP contribution is 2.19. The summed E-state index contributed by atoms with van der Waals surface area (Å²) >= 11 is 0. The van der Waals surface area contributed by atoms with Gasteiger partial charge in [0.15, 0.2) is 0 Å². The Hall–Kier alpha value is -1.12. The van der Waals surface area contributed by atoms with Crippen LogP contribution in [-0.2, 0) is 6.54 Å². The molecule has 0 atom stereocenters. The van der Waals surface area contributed by atoms with Gasteiger partial charge in [0.1, 0.15) is 0 Å². The summed E-state index contributed by atoms with van der Waals surface area (Å²) < 4.78 is 0. The van der Waals surface area contributed by atoms with Crippen molar-refractivity contribution in [2.75, 3.05) is 13.1 Å². The van der Waals surface area contributed by atoms with E-state index in [9.17, 15) is 0 Å². The Morgan fingerprint density at radius 1 is 1.21 bits per heavy atom. The van der Waals surface area contributed by atoms with Gasteiger partial charge in [0.25, 0.3) is 0 Å². The van der Waals surface area contributed by atoms with E-state index < -0.39 is 0 Å². The first-order chi connectivity index (χ1) is 6.90. The molecule has 74 valence electrons. The second-order valence-electron chi connectivity index (χ2n) is 3.58. The van der Waals surface area contributed by atoms with Gasteiger partial charge in [-0.15, -0.1) is 0 Å². The first-order valence-electron chi connectivity index (χ1n) is 5.09. The second kappa shape index (κ2) is 4.40. The summed E-state index contributed by atoms with van der Waals surface area (Å²) in [5.74, 6) is 0. The first-order valence-corrected chi connectivity index (χ1v) is 5.09. The quantitative estimate of drug-likeness (QED) is 0.738. The van der Waals surface area contributed by atoms with Gasteiger partial charge in [0.05, 0.1) is 0 Å². The smallest absolute Gasteiger partial charge is 0.0178 e. The molecule has 0 fully saturated rings. The Bertz CT molecular complexity index is 325. The van der Waals surface area contributed by atoms with Gasteiger partial charge in [-0.1, -0.05) is 30.3 Å². The van der Waals surface area contributed by atoms with Crippen molar-refractivity contribution in [3.05, 3.63) is 41.5 Å². The van der Waals surface area contributed by atoms with Crippen LogP contribution in [0.4, 0.5) is 0 Å². The van der Waals surface area contributed by atoms with Gasteiger partial charge in [0.2, 0.25) is 0 Å². The summed E-state index contributed by atoms with van der Waals surface area (Å²) in [6.07, 6.45) is 3.39. The predicted octanol–water partition coefficient (Wildman–Crippen LogP) is 1.52. The summed E-state index contributed by atoms with van der Waals surface area (Å²) in [4.78, 5) is 0. The molecule has 0 aromatic heterocycles. The van der Waals surface area contributed by atoms with Crippen molar-refractivity contribution in [1.82, 2.24) is 5.32 Å². The lowest BCUT2D eigenvalue weighted by atomic mass is 9.99. The Balaban J connectivity index is 2.19. The molecule has 14 heavy (non-hydrogen) atoms. The summed E-state index contributed by atoms with van der Waals surface area (Å²) in [6.45, 7) is 2.71. The van der Waals surface area contributed by atoms with Crippen molar-refractivity contribution in [2.24, 2.45) is 5.73 Å². The minimum Gasteiger partial charge on any atom is -0.326 e. The minimum atomic E-state index is 0.626. The zero-order chi connectivity index (χ0) is 9.80. The molecule has 2 nitrogen and oxygen atoms in total. The molecular weight excluding hydrogens is 172 g/mol. The van der Waals surface area contributed by atoms with Crippen LogP contribution in [0.1, 0.15) is 17.5 Å². The van der Waals surface area contributed by atoms with Crippen LogP contribution in [0.2, 0.25) is 0 Å². The van der Waals surface area contributed by atoms with Crippen molar-refractivity contribution in [1.29, 1.82) is 0 Å². The van der Waals surface area contributed by atoms with Crippen LogP contribution < -0.4 is 11.1 Å². The molecule has 0 bridgehead atoms. The molecule has 1 heterocycles. The van der Waals surface area contributed by atoms with Crippen molar-refractivity contribution in [2.45, 2.75) is 13.0 Å². The van der Waals surface area contributed by atoms with Crippen molar-refractivity contribution in [3.8, 4) is 0 Å². The van der Waals surface area contributed by atoms with Gasteiger partial charge < -0.3 is 11.1 Å². The van der Waals surface area contributed by atoms with Crippen LogP contribution in [0.5, 0.6) is 0 Å². The van der Waals surface area contributed by atoms with Crippen molar-refractivity contribution >= 4 is 5.57 Å². The molecule has 0 spiro atoms. The molecule has 2 rings (SSSR count). The number of hydrogen-bond acceptors (Lipinski definition) is 2. The highest BCUT2D eigenvalue weighted by molar-refractivity contribution is 5.66. The van der Waals surface area contributed by atoms with E-state index in [1.807, 2.05) is 0 Å². The van der Waals surface area contributed by atoms with Crippen LogP contribution in [-0.4, -0.2) is 13.1 Å². The largest absolute Gasteiger partial charge is 0.326 e. The zero-order valence-corrected chi connectivity index (χ0v) is 8.29. The highest BCUT2D eigenvalue weighted by atomic mass is 14.8. The molecule has 1 aliphatic heterocycles. The predicted molar refractivity (Wildman–Crippen MR) is 59.8 cm³/mol. The lowest BCUT2D eigenvalue weighted by Gasteiger charge is -2.14. The zero-order valence-electron chi connectivity index (χ0n) is 8.29. The maximum Gasteiger partial charge on any atom is 0.0178 e. The molecule has 1 aliphatic rings. The molecule has 1 aromatic carbocycles. The van der Waals surface area contributed by atoms with Gasteiger partial charge in [-0.3, -0.25) is 0 Å². The van der Waals surface area contributed by atoms with E-state index >= 15 is 0 Å². The monoisotopic (exact) mass is 188 g/mol. The Labute approximate surface area is 84.8 Å². The lowest BCUT2D eigenvalue weighted by molar-refractivity contribution is 0.738. The third-order valence-electron chi connectivity index (χ3n) is 2.62. The minimum absolute atomic E-state index is 0.626. The molecule has 0 amide bonds. The topological polar surface area (TPSA) is 38.0 Å². The summed E-state index contributed by atoms with van der Waals surface area (Å²) in [6, 6.07) is 8.55. The van der Waals surface area contributed by atoms with Crippen LogP contribution in [0, 0.1) is 0 Å². The van der Waals surface area contributed by atoms with E-state index in [-0.39, 0.29) is 0 Å². The van der Waals surface area contributed by atoms with Gasteiger partial charge >= 0.3 is 0 Å². The normalized spacial score (nSPS) is 16.5. The molecule has 0 unspecified atom stereocenters. The molecule has 3 N–H and O–H groups in total. The summed E-state index contributed by atoms with van der Waals surface area (Å²) in [7, 11) is 0. The Kier molecular flexibility index (Phi) is 2.96. The number of rotatable bonds is 2. The molecular formula is C12H16N2. The standard InChI is InChI=1S/C12H16N2/c13-9-10-1-3-11(4-2-10)12-5-7-14-8-6-12/h1-5,14H,6-9,13H2. The summed E-state index contributed by atoms with van der Waals surface area (Å²) in [5.41, 5.74) is 9.54. The fourth-order valence-electron chi connectivity index (χ4n) is 1.74. The Morgan fingerprint density at radius 3 is 2.57 bits per heavy atom. The van der Waals surface area contributed by atoms with Gasteiger partial charge in [0, 0.05) is 13.1 Å². The molecule has 0 aliphatic carbocycles. The highest BCUT2D eigenvalue weighted by Gasteiger charge is 2.04. The molecule has 0 radical (unpaired) electrons. The SMILES string of the molecule is NCc1ccc(C2=CCNCC2)cc1. The maximum atomic E-state index is 5.55. The van der Waals surface area contributed by atoms with E-state index in [4.69, 9.17) is 5.73 Å². The fraction of sp³-hybridized carbons (Fsp3) is 0.333. The fourth-order valence-corrected chi connectivity index (χ4v) is 1.74. The molecule has 1 aromatic rings. The van der Waals surface area contributed by atoms with E-state index in [0.29, 0.717) is 6.54 Å². The third kappa shape index (κ3) is 2.03. The number of nitrogens with two attached hydrogens (primary N) is 1. The van der Waals surface area contributed by atoms with Gasteiger partial charge in [-0.25, -0.2) is 0 Å². The molecule has 2 heteroatoms.